The molecule has 0 radical (unpaired) electrons. The molecule has 4 heteroatoms. The minimum Gasteiger partial charge on any atom is -0.345 e. The third-order valence-electron chi connectivity index (χ3n) is 5.82. The van der Waals surface area contributed by atoms with E-state index in [1.165, 1.54) is 12.8 Å². The van der Waals surface area contributed by atoms with E-state index in [1.807, 2.05) is 30.3 Å². The molecule has 26 heavy (non-hydrogen) atoms. The van der Waals surface area contributed by atoms with Gasteiger partial charge in [-0.1, -0.05) is 57.5 Å². The van der Waals surface area contributed by atoms with Crippen molar-refractivity contribution < 1.29 is 9.59 Å². The molecule has 4 nitrogen and oxygen atoms in total. The maximum Gasteiger partial charge on any atom is 0.234 e. The summed E-state index contributed by atoms with van der Waals surface area (Å²) in [6.07, 6.45) is 4.65. The van der Waals surface area contributed by atoms with E-state index in [0.29, 0.717) is 36.5 Å². The number of hydrogen-bond acceptors (Lipinski definition) is 3. The van der Waals surface area contributed by atoms with Gasteiger partial charge in [-0.25, -0.2) is 0 Å². The number of benzene rings is 1. The van der Waals surface area contributed by atoms with E-state index < -0.39 is 6.04 Å². The molecule has 1 unspecified atom stereocenters. The summed E-state index contributed by atoms with van der Waals surface area (Å²) in [7, 11) is 0. The fourth-order valence-electron chi connectivity index (χ4n) is 4.38. The molecule has 3 N–H and O–H groups in total. The number of carbonyl (C=O) groups is 2. The van der Waals surface area contributed by atoms with Crippen molar-refractivity contribution in [1.82, 2.24) is 5.32 Å². The molecule has 0 bridgehead atoms. The summed E-state index contributed by atoms with van der Waals surface area (Å²) in [4.78, 5) is 24.9. The van der Waals surface area contributed by atoms with E-state index in [0.717, 1.165) is 12.0 Å². The van der Waals surface area contributed by atoms with E-state index in [-0.39, 0.29) is 18.2 Å². The molecule has 1 aromatic carbocycles. The van der Waals surface area contributed by atoms with E-state index in [1.54, 1.807) is 0 Å². The van der Waals surface area contributed by atoms with Crippen LogP contribution in [0, 0.1) is 23.7 Å². The highest BCUT2D eigenvalue weighted by Crippen LogP contribution is 2.40. The highest BCUT2D eigenvalue weighted by atomic mass is 16.2. The van der Waals surface area contributed by atoms with Crippen molar-refractivity contribution in [2.75, 3.05) is 6.54 Å². The van der Waals surface area contributed by atoms with Crippen LogP contribution in [0.4, 0.5) is 0 Å². The molecule has 1 fully saturated rings. The first kappa shape index (κ1) is 20.6. The summed E-state index contributed by atoms with van der Waals surface area (Å²) in [5.41, 5.74) is 6.51. The number of Topliss-reactive ketones (excluding diaryl/α,β-unsaturated/α-hetero) is 1. The fourth-order valence-corrected chi connectivity index (χ4v) is 4.38. The SMILES string of the molecule is CC(C)[C@@H]1CC[C@@H](C)C[C@H]1CC(=O)C(Cc1ccccc1)NC(=O)CN. The first-order valence-corrected chi connectivity index (χ1v) is 9.96. The average molecular weight is 359 g/mol. The van der Waals surface area contributed by atoms with Gasteiger partial charge < -0.3 is 11.1 Å². The summed E-state index contributed by atoms with van der Waals surface area (Å²) in [5, 5.41) is 2.85. The molecule has 4 atom stereocenters. The fraction of sp³-hybridized carbons (Fsp3) is 0.636. The highest BCUT2D eigenvalue weighted by Gasteiger charge is 2.33. The van der Waals surface area contributed by atoms with Gasteiger partial charge in [-0.2, -0.15) is 0 Å². The van der Waals surface area contributed by atoms with Crippen LogP contribution in [0.2, 0.25) is 0 Å². The Morgan fingerprint density at radius 3 is 2.50 bits per heavy atom. The van der Waals surface area contributed by atoms with E-state index in [4.69, 9.17) is 5.73 Å². The van der Waals surface area contributed by atoms with E-state index >= 15 is 0 Å². The Kier molecular flexibility index (Phi) is 7.83. The Morgan fingerprint density at radius 1 is 1.19 bits per heavy atom. The van der Waals surface area contributed by atoms with Crippen molar-refractivity contribution in [3.05, 3.63) is 35.9 Å². The molecule has 144 valence electrons. The Bertz CT molecular complexity index is 585. The minimum absolute atomic E-state index is 0.0896. The molecular weight excluding hydrogens is 324 g/mol. The van der Waals surface area contributed by atoms with Crippen LogP contribution >= 0.6 is 0 Å². The number of hydrogen-bond donors (Lipinski definition) is 2. The Labute approximate surface area is 157 Å². The van der Waals surface area contributed by atoms with Crippen LogP contribution in [0.3, 0.4) is 0 Å². The van der Waals surface area contributed by atoms with E-state index in [9.17, 15) is 9.59 Å². The van der Waals surface area contributed by atoms with Crippen LogP contribution in [-0.4, -0.2) is 24.3 Å². The monoisotopic (exact) mass is 358 g/mol. The summed E-state index contributed by atoms with van der Waals surface area (Å²) < 4.78 is 0. The zero-order valence-electron chi connectivity index (χ0n) is 16.4. The predicted octanol–water partition coefficient (Wildman–Crippen LogP) is 3.34. The van der Waals surface area contributed by atoms with Crippen molar-refractivity contribution in [3.8, 4) is 0 Å². The predicted molar refractivity (Wildman–Crippen MR) is 106 cm³/mol. The molecule has 0 saturated heterocycles. The molecular formula is C22H34N2O2. The second-order valence-corrected chi connectivity index (χ2v) is 8.27. The molecule has 1 aliphatic rings. The normalized spacial score (nSPS) is 24.3. The zero-order chi connectivity index (χ0) is 19.1. The Morgan fingerprint density at radius 2 is 1.88 bits per heavy atom. The number of amides is 1. The van der Waals surface area contributed by atoms with Gasteiger partial charge in [-0.05, 0) is 48.5 Å². The highest BCUT2D eigenvalue weighted by molar-refractivity contribution is 5.90. The van der Waals surface area contributed by atoms with Gasteiger partial charge in [0.05, 0.1) is 12.6 Å². The van der Waals surface area contributed by atoms with Gasteiger partial charge in [0, 0.05) is 6.42 Å². The second-order valence-electron chi connectivity index (χ2n) is 8.27. The van der Waals surface area contributed by atoms with Crippen molar-refractivity contribution in [2.24, 2.45) is 29.4 Å². The standard InChI is InChI=1S/C22H34N2O2/c1-15(2)19-10-9-16(3)11-18(19)13-21(25)20(24-22(26)14-23)12-17-7-5-4-6-8-17/h4-8,15-16,18-20H,9-14,23H2,1-3H3,(H,24,26)/t16-,18+,19+,20?/m1/s1. The van der Waals surface area contributed by atoms with Crippen LogP contribution in [-0.2, 0) is 16.0 Å². The lowest BCUT2D eigenvalue weighted by atomic mass is 9.68. The Balaban J connectivity index is 2.09. The molecule has 1 aromatic rings. The topological polar surface area (TPSA) is 72.2 Å². The third kappa shape index (κ3) is 5.94. The number of nitrogens with two attached hydrogens (primary N) is 1. The van der Waals surface area contributed by atoms with Crippen LogP contribution in [0.5, 0.6) is 0 Å². The van der Waals surface area contributed by atoms with Crippen LogP contribution in [0.15, 0.2) is 30.3 Å². The summed E-state index contributed by atoms with van der Waals surface area (Å²) >= 11 is 0. The number of rotatable bonds is 8. The smallest absolute Gasteiger partial charge is 0.234 e. The van der Waals surface area contributed by atoms with Crippen LogP contribution in [0.1, 0.15) is 52.0 Å². The van der Waals surface area contributed by atoms with E-state index in [2.05, 4.69) is 26.1 Å². The van der Waals surface area contributed by atoms with Crippen molar-refractivity contribution in [3.63, 3.8) is 0 Å². The largest absolute Gasteiger partial charge is 0.345 e. The summed E-state index contributed by atoms with van der Waals surface area (Å²) in [6.45, 7) is 6.71. The van der Waals surface area contributed by atoms with Gasteiger partial charge >= 0.3 is 0 Å². The number of nitrogens with one attached hydrogen (secondary N) is 1. The summed E-state index contributed by atoms with van der Waals surface area (Å²) in [5.74, 6) is 2.15. The Hall–Kier alpha value is -1.68. The van der Waals surface area contributed by atoms with Gasteiger partial charge in [0.25, 0.3) is 0 Å². The quantitative estimate of drug-likeness (QED) is 0.748. The lowest BCUT2D eigenvalue weighted by Gasteiger charge is -2.37. The molecule has 1 amide bonds. The first-order valence-electron chi connectivity index (χ1n) is 9.96. The molecule has 1 aliphatic carbocycles. The molecule has 0 heterocycles. The minimum atomic E-state index is -0.488. The average Bonchev–Trinajstić information content (AvgIpc) is 2.61. The van der Waals surface area contributed by atoms with Crippen molar-refractivity contribution in [1.29, 1.82) is 0 Å². The van der Waals surface area contributed by atoms with Crippen molar-refractivity contribution >= 4 is 11.7 Å². The first-order chi connectivity index (χ1) is 12.4. The van der Waals surface area contributed by atoms with Gasteiger partial charge in [-0.15, -0.1) is 0 Å². The maximum absolute atomic E-state index is 13.1. The maximum atomic E-state index is 13.1. The summed E-state index contributed by atoms with van der Waals surface area (Å²) in [6, 6.07) is 9.37. The molecule has 0 aromatic heterocycles. The van der Waals surface area contributed by atoms with Gasteiger partial charge in [0.1, 0.15) is 0 Å². The number of ketones is 1. The van der Waals surface area contributed by atoms with Crippen LogP contribution in [0.25, 0.3) is 0 Å². The number of carbonyl (C=O) groups excluding carboxylic acids is 2. The lowest BCUT2D eigenvalue weighted by molar-refractivity contribution is -0.128. The molecule has 2 rings (SSSR count). The molecule has 0 aliphatic heterocycles. The van der Waals surface area contributed by atoms with Crippen molar-refractivity contribution in [2.45, 2.75) is 58.9 Å². The lowest BCUT2D eigenvalue weighted by Crippen LogP contribution is -2.46. The molecule has 0 spiro atoms. The molecule has 1 saturated carbocycles. The zero-order valence-corrected chi connectivity index (χ0v) is 16.4. The third-order valence-corrected chi connectivity index (χ3v) is 5.82. The van der Waals surface area contributed by atoms with Gasteiger partial charge in [-0.3, -0.25) is 9.59 Å². The second kappa shape index (κ2) is 9.86. The van der Waals surface area contributed by atoms with Crippen LogP contribution < -0.4 is 11.1 Å². The van der Waals surface area contributed by atoms with Gasteiger partial charge in [0.2, 0.25) is 5.91 Å². The van der Waals surface area contributed by atoms with Gasteiger partial charge in [0.15, 0.2) is 5.78 Å².